The number of nitro groups is 2. The predicted octanol–water partition coefficient (Wildman–Crippen LogP) is 21.9. The van der Waals surface area contributed by atoms with Gasteiger partial charge in [0.15, 0.2) is 38.5 Å². The fourth-order valence-electron chi connectivity index (χ4n) is 17.8. The number of rotatable bonds is 18. The van der Waals surface area contributed by atoms with Gasteiger partial charge in [0.05, 0.1) is 69.9 Å². The van der Waals surface area contributed by atoms with Crippen LogP contribution in [0.4, 0.5) is 70.9 Å². The number of hydrogen-bond donors (Lipinski definition) is 4. The van der Waals surface area contributed by atoms with Crippen LogP contribution in [0.3, 0.4) is 0 Å². The minimum absolute atomic E-state index is 0.0127. The Morgan fingerprint density at radius 2 is 0.842 bits per heavy atom. The molecule has 758 valence electrons. The SMILES string of the molecule is Brc1cnc2[nH]ncc2c1.C1CCNCC1.CCn1cc2cc(Br)cnc2n1.CCn1nc2ncc(Br)cc2c1[N+](=O)[O-].CCn1nc2ncc(N3CCCCC3)cc2c1N.CCn1nc2ncc(N3CCCCC3)cc2c1N(C)c1nc(-c2ccc(F)cc2)c(C#N)s1.CCn1nc2ncc(N3CCCCC3)cc2c1Nc1nc(-c2ccc(F)cc2)c(C#N)s1.CCn1nc2ncc(N3CCCCC3)cc2c1[N+](=O)[O-]. The molecular weight excluding hydrogens is 2100 g/mol. The molecule has 0 bridgehead atoms. The van der Waals surface area contributed by atoms with E-state index in [-0.39, 0.29) is 28.2 Å². The Hall–Kier alpha value is -14.3. The topological polar surface area (TPSA) is 452 Å². The number of benzene rings is 2. The zero-order chi connectivity index (χ0) is 102. The summed E-state index contributed by atoms with van der Waals surface area (Å²) >= 11 is 12.5. The Balaban J connectivity index is 0.000000125. The molecular formula is C100H112Br3F2N35O4S2. The van der Waals surface area contributed by atoms with Gasteiger partial charge in [0.2, 0.25) is 11.3 Å². The molecule has 2 aromatic carbocycles. The van der Waals surface area contributed by atoms with Crippen LogP contribution < -0.4 is 40.9 Å². The number of hydrogen-bond acceptors (Lipinski definition) is 32. The number of nitriles is 2. The smallest absolute Gasteiger partial charge is 0.354 e. The van der Waals surface area contributed by atoms with Gasteiger partial charge in [-0.25, -0.2) is 67.7 Å². The number of thiazole rings is 2. The van der Waals surface area contributed by atoms with Gasteiger partial charge in [-0.2, -0.15) is 36.0 Å². The van der Waals surface area contributed by atoms with Crippen LogP contribution in [0, 0.1) is 54.5 Å². The molecule has 18 aromatic rings. The Bertz CT molecular complexity index is 7620. The summed E-state index contributed by atoms with van der Waals surface area (Å²) in [5.74, 6) is 1.80. The number of H-pyrrole nitrogens is 1. The van der Waals surface area contributed by atoms with Crippen LogP contribution in [0.5, 0.6) is 0 Å². The first-order valence-electron chi connectivity index (χ1n) is 49.0. The van der Waals surface area contributed by atoms with Gasteiger partial charge in [-0.3, -0.25) is 9.78 Å². The maximum absolute atomic E-state index is 13.4. The molecule has 46 heteroatoms. The maximum Gasteiger partial charge on any atom is 0.354 e. The van der Waals surface area contributed by atoms with Crippen molar-refractivity contribution in [3.05, 3.63) is 202 Å². The average Bonchev–Trinajstić information content (AvgIpc) is 1.58. The lowest BCUT2D eigenvalue weighted by atomic mass is 10.1. The van der Waals surface area contributed by atoms with Crippen molar-refractivity contribution in [2.45, 2.75) is 177 Å². The molecule has 0 atom stereocenters. The van der Waals surface area contributed by atoms with Crippen LogP contribution in [-0.2, 0) is 39.3 Å². The van der Waals surface area contributed by atoms with E-state index in [1.807, 2.05) is 96.7 Å². The molecule has 0 radical (unpaired) electrons. The predicted molar refractivity (Wildman–Crippen MR) is 581 cm³/mol. The maximum atomic E-state index is 13.4. The van der Waals surface area contributed by atoms with Crippen LogP contribution in [0.25, 0.3) is 99.7 Å². The van der Waals surface area contributed by atoms with Crippen molar-refractivity contribution in [1.82, 2.24) is 119 Å². The Morgan fingerprint density at radius 3 is 1.32 bits per heavy atom. The molecule has 0 spiro atoms. The molecule has 5 aliphatic heterocycles. The molecule has 0 aliphatic carbocycles. The molecule has 39 nitrogen and oxygen atoms in total. The molecule has 5 fully saturated rings. The molecule has 0 unspecified atom stereocenters. The number of aromatic nitrogens is 23. The molecule has 146 heavy (non-hydrogen) atoms. The largest absolute Gasteiger partial charge is 0.383 e. The van der Waals surface area contributed by atoms with E-state index in [1.54, 1.807) is 72.9 Å². The number of nitrogens with zero attached hydrogens (tertiary/aromatic N) is 31. The van der Waals surface area contributed by atoms with Crippen LogP contribution in [-0.4, -0.2) is 196 Å². The van der Waals surface area contributed by atoms with E-state index < -0.39 is 4.92 Å². The van der Waals surface area contributed by atoms with Gasteiger partial charge in [-0.05, 0) is 293 Å². The second-order valence-electron chi connectivity index (χ2n) is 34.9. The van der Waals surface area contributed by atoms with Gasteiger partial charge in [0.1, 0.15) is 86.2 Å². The summed E-state index contributed by atoms with van der Waals surface area (Å²) in [5.41, 5.74) is 17.5. The van der Waals surface area contributed by atoms with Gasteiger partial charge >= 0.3 is 11.6 Å². The molecule has 5 saturated heterocycles. The van der Waals surface area contributed by atoms with Crippen LogP contribution in [0.2, 0.25) is 0 Å². The quantitative estimate of drug-likeness (QED) is 0.0458. The summed E-state index contributed by atoms with van der Waals surface area (Å²) in [6, 6.07) is 30.4. The van der Waals surface area contributed by atoms with Crippen molar-refractivity contribution in [2.24, 2.45) is 0 Å². The molecule has 5 N–H and O–H groups in total. The number of nitrogens with two attached hydrogens (primary N) is 1. The lowest BCUT2D eigenvalue weighted by Crippen LogP contribution is -2.29. The van der Waals surface area contributed by atoms with Gasteiger partial charge in [0, 0.05) is 146 Å². The van der Waals surface area contributed by atoms with Gasteiger partial charge in [-0.15, -0.1) is 9.36 Å². The van der Waals surface area contributed by atoms with Gasteiger partial charge in [-0.1, -0.05) is 39.3 Å². The van der Waals surface area contributed by atoms with E-state index in [1.165, 1.54) is 159 Å². The Labute approximate surface area is 873 Å². The highest BCUT2D eigenvalue weighted by atomic mass is 79.9. The summed E-state index contributed by atoms with van der Waals surface area (Å²) in [4.78, 5) is 73.2. The van der Waals surface area contributed by atoms with Crippen LogP contribution >= 0.6 is 70.5 Å². The second-order valence-corrected chi connectivity index (χ2v) is 39.6. The van der Waals surface area contributed by atoms with E-state index in [4.69, 9.17) is 15.8 Å². The minimum atomic E-state index is -0.438. The van der Waals surface area contributed by atoms with Crippen molar-refractivity contribution in [3.63, 3.8) is 0 Å². The highest BCUT2D eigenvalue weighted by Gasteiger charge is 2.29. The fraction of sp³-hybridized carbons (Fsp3) is 0.380. The molecule has 5 aliphatic rings. The van der Waals surface area contributed by atoms with Crippen molar-refractivity contribution >= 4 is 210 Å². The first kappa shape index (κ1) is 105. The van der Waals surface area contributed by atoms with Crippen molar-refractivity contribution in [1.29, 1.82) is 10.5 Å². The van der Waals surface area contributed by atoms with Crippen LogP contribution in [0.15, 0.2) is 160 Å². The van der Waals surface area contributed by atoms with Crippen molar-refractivity contribution in [2.75, 3.05) is 108 Å². The number of anilines is 9. The van der Waals surface area contributed by atoms with Gasteiger partial charge < -0.3 is 61.1 Å². The molecule has 23 rings (SSSR count). The third-order valence-electron chi connectivity index (χ3n) is 25.2. The van der Waals surface area contributed by atoms with E-state index in [0.717, 1.165) is 166 Å². The number of fused-ring (bicyclic) bond motifs is 7. The third-order valence-corrected chi connectivity index (χ3v) is 28.5. The van der Waals surface area contributed by atoms with E-state index in [9.17, 15) is 39.5 Å². The number of aromatic amines is 1. The van der Waals surface area contributed by atoms with E-state index in [0.29, 0.717) is 107 Å². The van der Waals surface area contributed by atoms with Crippen LogP contribution in [0.1, 0.15) is 148 Å². The first-order valence-corrected chi connectivity index (χ1v) is 53.1. The summed E-state index contributed by atoms with van der Waals surface area (Å²) in [6.45, 7) is 26.6. The highest BCUT2D eigenvalue weighted by Crippen LogP contribution is 2.42. The molecule has 0 amide bonds. The summed E-state index contributed by atoms with van der Waals surface area (Å²) in [5, 5.41) is 88.1. The van der Waals surface area contributed by atoms with Crippen molar-refractivity contribution < 1.29 is 18.6 Å². The Kier molecular flexibility index (Phi) is 35.4. The number of nitrogens with one attached hydrogen (secondary N) is 3. The summed E-state index contributed by atoms with van der Waals surface area (Å²) < 4.78 is 39.6. The third kappa shape index (κ3) is 25.1. The molecule has 0 saturated carbocycles. The average molecular weight is 2210 g/mol. The molecule has 16 aromatic heterocycles. The molecule has 21 heterocycles. The van der Waals surface area contributed by atoms with Crippen molar-refractivity contribution in [3.8, 4) is 34.7 Å². The number of halogens is 5. The van der Waals surface area contributed by atoms with E-state index in [2.05, 4.69) is 191 Å². The number of piperidine rings is 5. The fourth-order valence-corrected chi connectivity index (χ4v) is 20.4. The number of nitrogen functional groups attached to an aromatic ring is 1. The summed E-state index contributed by atoms with van der Waals surface area (Å²) in [6.07, 6.45) is 35.3. The van der Waals surface area contributed by atoms with Gasteiger partial charge in [0.25, 0.3) is 0 Å². The second kappa shape index (κ2) is 49.5. The number of pyridine rings is 7. The zero-order valence-corrected chi connectivity index (χ0v) is 88.4. The number of aryl methyl sites for hydroxylation is 6. The minimum Gasteiger partial charge on any atom is -0.383 e. The van der Waals surface area contributed by atoms with E-state index >= 15 is 0 Å². The standard InChI is InChI=1S/C24H24FN7S.C23H22FN7S.C13H17N5O2.C13H19N5.C8H7BrN4O2.C8H8BrN3.C6H4BrN3.C5H11N/c1-3-32-23(19-13-18(15-27-22(19)29-32)31-11-5-4-6-12-31)30(2)24-28-21(20(14-26)33-24)16-7-9-17(25)10-8-16;1-2-31-22(18-12-17(14-26-21(18)29-31)30-10-4-3-5-11-30)28-23-27-20(19(13-25)32-23)15-6-8-16(24)9-7-15;1-2-17-13(18(19)20)11-8-10(9-14-12(11)15-17)16-6-4-3-5-7-16;1-2-18-12(14)11-8-10(9-15-13(11)16-18)17-6-4-3-5-7-17;1-2-12-8(13(14)15)6-3-5(9)4-10-7(6)11-12;1-2-12-5-6-3-7(9)4-10-8(6)11-12;7-5-1-4-2-9-10-6(4)8-3-5;1-2-4-6-5-3-1/h7-10,13,15H,3-6,11-12H2,1-2H3;6-9,12,14H,2-5,10-11H2,1H3,(H,27,28);8-9H,2-7H2,1H3;8-9H,2-7,14H2,1H3;3-4H,2H2,1H3;3-5H,2H2,1H3;1-3H,(H,8,9,10);6H,1-5H2. The monoisotopic (exact) mass is 2210 g/mol. The lowest BCUT2D eigenvalue weighted by Gasteiger charge is -2.28. The summed E-state index contributed by atoms with van der Waals surface area (Å²) in [7, 11) is 1.94. The zero-order valence-electron chi connectivity index (χ0n) is 82.1. The lowest BCUT2D eigenvalue weighted by molar-refractivity contribution is -0.391. The Morgan fingerprint density at radius 1 is 0.445 bits per heavy atom. The normalized spacial score (nSPS) is 14.1. The highest BCUT2D eigenvalue weighted by molar-refractivity contribution is 9.11. The first-order chi connectivity index (χ1) is 71.0.